The minimum atomic E-state index is -0.401. The minimum absolute atomic E-state index is 0.229. The summed E-state index contributed by atoms with van der Waals surface area (Å²) < 4.78 is 0. The standard InChI is InChI=1S/C23H31NO2S/c1-2-3-4-10-22(25)18-11-13-20(14-12-18)24-19(15-16-23(24)26)7-5-8-21-9-6-17-27-21/h6,9,11-14,17,19,22,25H,2-5,7-8,10,15-16H2,1H3/t19-,22?/m0/s1. The fraction of sp³-hybridized carbons (Fsp3) is 0.522. The average Bonchev–Trinajstić information content (AvgIpc) is 3.32. The third-order valence-corrected chi connectivity index (χ3v) is 6.44. The van der Waals surface area contributed by atoms with E-state index in [4.69, 9.17) is 0 Å². The van der Waals surface area contributed by atoms with Crippen LogP contribution >= 0.6 is 11.3 Å². The normalized spacial score (nSPS) is 18.2. The molecule has 1 unspecified atom stereocenters. The molecule has 27 heavy (non-hydrogen) atoms. The summed E-state index contributed by atoms with van der Waals surface area (Å²) in [4.78, 5) is 15.9. The Labute approximate surface area is 167 Å². The first-order chi connectivity index (χ1) is 13.2. The molecule has 0 saturated carbocycles. The molecule has 1 amide bonds. The molecular formula is C23H31NO2S. The van der Waals surface area contributed by atoms with Gasteiger partial charge in [-0.1, -0.05) is 44.4 Å². The van der Waals surface area contributed by atoms with Crippen LogP contribution in [0.3, 0.4) is 0 Å². The number of nitrogens with zero attached hydrogens (tertiary/aromatic N) is 1. The molecule has 2 atom stereocenters. The highest BCUT2D eigenvalue weighted by Crippen LogP contribution is 2.31. The number of carbonyl (C=O) groups is 1. The smallest absolute Gasteiger partial charge is 0.227 e. The van der Waals surface area contributed by atoms with Crippen molar-refractivity contribution in [2.75, 3.05) is 4.90 Å². The van der Waals surface area contributed by atoms with Gasteiger partial charge in [-0.05, 0) is 61.2 Å². The summed E-state index contributed by atoms with van der Waals surface area (Å²) in [6.07, 6.45) is 8.63. The number of anilines is 1. The van der Waals surface area contributed by atoms with Crippen LogP contribution in [0.4, 0.5) is 5.69 Å². The Morgan fingerprint density at radius 1 is 1.19 bits per heavy atom. The van der Waals surface area contributed by atoms with Crippen molar-refractivity contribution in [1.82, 2.24) is 0 Å². The number of carbonyl (C=O) groups excluding carboxylic acids is 1. The molecule has 1 N–H and O–H groups in total. The van der Waals surface area contributed by atoms with Gasteiger partial charge in [-0.25, -0.2) is 0 Å². The molecule has 2 heterocycles. The molecule has 146 valence electrons. The fourth-order valence-electron chi connectivity index (χ4n) is 3.95. The summed E-state index contributed by atoms with van der Waals surface area (Å²) in [5, 5.41) is 12.5. The molecule has 1 aromatic carbocycles. The third kappa shape index (κ3) is 5.43. The van der Waals surface area contributed by atoms with Gasteiger partial charge in [-0.2, -0.15) is 0 Å². The van der Waals surface area contributed by atoms with E-state index in [0.29, 0.717) is 12.5 Å². The first-order valence-electron chi connectivity index (χ1n) is 10.3. The lowest BCUT2D eigenvalue weighted by molar-refractivity contribution is -0.117. The van der Waals surface area contributed by atoms with Crippen molar-refractivity contribution in [1.29, 1.82) is 0 Å². The molecule has 3 rings (SSSR count). The van der Waals surface area contributed by atoms with Gasteiger partial charge in [0, 0.05) is 23.0 Å². The van der Waals surface area contributed by atoms with Gasteiger partial charge < -0.3 is 10.0 Å². The zero-order chi connectivity index (χ0) is 19.1. The Kier molecular flexibility index (Phi) is 7.48. The second-order valence-electron chi connectivity index (χ2n) is 7.53. The number of aliphatic hydroxyl groups excluding tert-OH is 1. The number of benzene rings is 1. The largest absolute Gasteiger partial charge is 0.388 e. The number of amides is 1. The van der Waals surface area contributed by atoms with Crippen molar-refractivity contribution in [2.45, 2.75) is 76.9 Å². The van der Waals surface area contributed by atoms with Gasteiger partial charge in [-0.15, -0.1) is 11.3 Å². The van der Waals surface area contributed by atoms with Crippen LogP contribution < -0.4 is 4.90 Å². The first kappa shape index (κ1) is 20.1. The molecule has 0 aliphatic carbocycles. The van der Waals surface area contributed by atoms with E-state index >= 15 is 0 Å². The number of rotatable bonds is 10. The van der Waals surface area contributed by atoms with Crippen LogP contribution in [0.1, 0.15) is 74.8 Å². The number of unbranched alkanes of at least 4 members (excludes halogenated alkanes) is 2. The second kappa shape index (κ2) is 10.0. The van der Waals surface area contributed by atoms with Crippen LogP contribution in [0, 0.1) is 0 Å². The Morgan fingerprint density at radius 2 is 2.00 bits per heavy atom. The van der Waals surface area contributed by atoms with E-state index in [9.17, 15) is 9.90 Å². The maximum atomic E-state index is 12.4. The molecule has 1 fully saturated rings. The highest BCUT2D eigenvalue weighted by molar-refractivity contribution is 7.09. The molecule has 0 spiro atoms. The number of aryl methyl sites for hydroxylation is 1. The molecule has 1 aliphatic heterocycles. The third-order valence-electron chi connectivity index (χ3n) is 5.50. The summed E-state index contributed by atoms with van der Waals surface area (Å²) in [6, 6.07) is 12.6. The van der Waals surface area contributed by atoms with Gasteiger partial charge in [0.1, 0.15) is 0 Å². The fourth-order valence-corrected chi connectivity index (χ4v) is 4.70. The molecule has 2 aromatic rings. The summed E-state index contributed by atoms with van der Waals surface area (Å²) in [7, 11) is 0. The van der Waals surface area contributed by atoms with E-state index in [2.05, 4.69) is 24.4 Å². The van der Waals surface area contributed by atoms with Crippen LogP contribution in [0.15, 0.2) is 41.8 Å². The van der Waals surface area contributed by atoms with Gasteiger partial charge in [0.05, 0.1) is 6.10 Å². The van der Waals surface area contributed by atoms with Gasteiger partial charge in [0.2, 0.25) is 5.91 Å². The minimum Gasteiger partial charge on any atom is -0.388 e. The quantitative estimate of drug-likeness (QED) is 0.519. The predicted molar refractivity (Wildman–Crippen MR) is 113 cm³/mol. The Balaban J connectivity index is 1.58. The lowest BCUT2D eigenvalue weighted by Crippen LogP contribution is -2.32. The highest BCUT2D eigenvalue weighted by atomic mass is 32.1. The van der Waals surface area contributed by atoms with Crippen LogP contribution in [0.2, 0.25) is 0 Å². The molecule has 0 bridgehead atoms. The number of thiophene rings is 1. The molecule has 3 nitrogen and oxygen atoms in total. The molecule has 0 radical (unpaired) electrons. The Morgan fingerprint density at radius 3 is 2.70 bits per heavy atom. The molecule has 1 aromatic heterocycles. The predicted octanol–water partition coefficient (Wildman–Crippen LogP) is 5.88. The van der Waals surface area contributed by atoms with Crippen LogP contribution in [0.5, 0.6) is 0 Å². The van der Waals surface area contributed by atoms with E-state index in [0.717, 1.165) is 62.6 Å². The van der Waals surface area contributed by atoms with Crippen molar-refractivity contribution in [3.8, 4) is 0 Å². The summed E-state index contributed by atoms with van der Waals surface area (Å²) in [5.41, 5.74) is 1.93. The Hall–Kier alpha value is -1.65. The van der Waals surface area contributed by atoms with Gasteiger partial charge >= 0.3 is 0 Å². The van der Waals surface area contributed by atoms with Gasteiger partial charge in [0.15, 0.2) is 0 Å². The number of hydrogen-bond donors (Lipinski definition) is 1. The maximum absolute atomic E-state index is 12.4. The summed E-state index contributed by atoms with van der Waals surface area (Å²) >= 11 is 1.81. The Bertz CT molecular complexity index is 696. The maximum Gasteiger partial charge on any atom is 0.227 e. The lowest BCUT2D eigenvalue weighted by atomic mass is 10.0. The van der Waals surface area contributed by atoms with E-state index in [1.54, 1.807) is 0 Å². The monoisotopic (exact) mass is 385 g/mol. The molecule has 1 aliphatic rings. The highest BCUT2D eigenvalue weighted by Gasteiger charge is 2.31. The van der Waals surface area contributed by atoms with Crippen LogP contribution in [-0.2, 0) is 11.2 Å². The van der Waals surface area contributed by atoms with Gasteiger partial charge in [0.25, 0.3) is 0 Å². The average molecular weight is 386 g/mol. The van der Waals surface area contributed by atoms with Crippen LogP contribution in [0.25, 0.3) is 0 Å². The number of hydrogen-bond acceptors (Lipinski definition) is 3. The van der Waals surface area contributed by atoms with E-state index in [-0.39, 0.29) is 5.91 Å². The van der Waals surface area contributed by atoms with E-state index in [1.165, 1.54) is 4.88 Å². The number of aliphatic hydroxyl groups is 1. The molecule has 1 saturated heterocycles. The zero-order valence-corrected chi connectivity index (χ0v) is 17.1. The second-order valence-corrected chi connectivity index (χ2v) is 8.56. The van der Waals surface area contributed by atoms with Gasteiger partial charge in [-0.3, -0.25) is 4.79 Å². The van der Waals surface area contributed by atoms with Crippen LogP contribution in [-0.4, -0.2) is 17.1 Å². The molecular weight excluding hydrogens is 354 g/mol. The van der Waals surface area contributed by atoms with Crippen molar-refractivity contribution >= 4 is 22.9 Å². The van der Waals surface area contributed by atoms with E-state index in [1.807, 2.05) is 40.5 Å². The summed E-state index contributed by atoms with van der Waals surface area (Å²) in [5.74, 6) is 0.229. The van der Waals surface area contributed by atoms with Crippen molar-refractivity contribution in [3.63, 3.8) is 0 Å². The topological polar surface area (TPSA) is 40.5 Å². The summed E-state index contributed by atoms with van der Waals surface area (Å²) in [6.45, 7) is 2.17. The first-order valence-corrected chi connectivity index (χ1v) is 11.2. The van der Waals surface area contributed by atoms with Crippen molar-refractivity contribution in [2.24, 2.45) is 0 Å². The zero-order valence-electron chi connectivity index (χ0n) is 16.3. The van der Waals surface area contributed by atoms with Crippen molar-refractivity contribution in [3.05, 3.63) is 52.2 Å². The SMILES string of the molecule is CCCCCC(O)c1ccc(N2C(=O)CC[C@@H]2CCCc2cccs2)cc1. The molecule has 4 heteroatoms. The lowest BCUT2D eigenvalue weighted by Gasteiger charge is -2.25. The van der Waals surface area contributed by atoms with Crippen molar-refractivity contribution < 1.29 is 9.90 Å². The van der Waals surface area contributed by atoms with E-state index < -0.39 is 6.10 Å².